The molecule has 0 aliphatic carbocycles. The largest absolute Gasteiger partial charge is 0.276 e. The summed E-state index contributed by atoms with van der Waals surface area (Å²) in [5, 5.41) is 0.424. The lowest BCUT2D eigenvalue weighted by atomic mass is 10.2. The number of hydrogen-bond acceptors (Lipinski definition) is 1. The molecule has 1 aromatic rings. The van der Waals surface area contributed by atoms with E-state index >= 15 is 0 Å². The molecule has 0 N–H and O–H groups in total. The van der Waals surface area contributed by atoms with Crippen LogP contribution in [0.2, 0.25) is 0 Å². The summed E-state index contributed by atoms with van der Waals surface area (Å²) in [4.78, 5) is 10.6. The number of benzene rings is 1. The number of rotatable bonds is 1. The van der Waals surface area contributed by atoms with Crippen LogP contribution in [-0.4, -0.2) is 5.24 Å². The third-order valence-corrected chi connectivity index (χ3v) is 1.88. The van der Waals surface area contributed by atoms with E-state index < -0.39 is 5.24 Å². The van der Waals surface area contributed by atoms with Gasteiger partial charge >= 0.3 is 0 Å². The molecule has 0 heterocycles. The summed E-state index contributed by atoms with van der Waals surface area (Å²) in [5.41, 5.74) is 0.550. The third-order valence-electron chi connectivity index (χ3n) is 1.17. The molecule has 0 fully saturated rings. The summed E-state index contributed by atoms with van der Waals surface area (Å²) in [7, 11) is 2.45. The molecule has 1 atom stereocenters. The van der Waals surface area contributed by atoms with Gasteiger partial charge < -0.3 is 0 Å². The maximum atomic E-state index is 10.6. The van der Waals surface area contributed by atoms with Gasteiger partial charge in [-0.05, 0) is 23.0 Å². The van der Waals surface area contributed by atoms with E-state index in [4.69, 9.17) is 11.6 Å². The Kier molecular flexibility index (Phi) is 2.42. The Labute approximate surface area is 66.6 Å². The van der Waals surface area contributed by atoms with Crippen LogP contribution < -0.4 is 5.30 Å². The molecular formula is C7H6ClOP. The summed E-state index contributed by atoms with van der Waals surface area (Å²) in [6.07, 6.45) is 0. The standard InChI is InChI=1S/C7H6ClOP/c8-7(9)5-3-1-2-4-6(5)10/h1-4H,10H2. The summed E-state index contributed by atoms with van der Waals surface area (Å²) in [6.45, 7) is 0. The fraction of sp³-hybridized carbons (Fsp3) is 0. The molecule has 1 aromatic carbocycles. The number of carbonyl (C=O) groups is 1. The van der Waals surface area contributed by atoms with Gasteiger partial charge in [-0.1, -0.05) is 18.2 Å². The first-order chi connectivity index (χ1) is 4.72. The maximum Gasteiger partial charge on any atom is 0.253 e. The first kappa shape index (κ1) is 7.71. The molecule has 0 radical (unpaired) electrons. The molecule has 52 valence electrons. The zero-order chi connectivity index (χ0) is 7.56. The minimum absolute atomic E-state index is 0.411. The smallest absolute Gasteiger partial charge is 0.253 e. The molecule has 1 unspecified atom stereocenters. The van der Waals surface area contributed by atoms with Crippen LogP contribution in [0.3, 0.4) is 0 Å². The van der Waals surface area contributed by atoms with E-state index in [2.05, 4.69) is 9.24 Å². The van der Waals surface area contributed by atoms with E-state index in [1.54, 1.807) is 12.1 Å². The topological polar surface area (TPSA) is 17.1 Å². The maximum absolute atomic E-state index is 10.6. The van der Waals surface area contributed by atoms with Crippen molar-refractivity contribution < 1.29 is 4.79 Å². The third kappa shape index (κ3) is 1.56. The number of halogens is 1. The monoisotopic (exact) mass is 172 g/mol. The van der Waals surface area contributed by atoms with E-state index in [9.17, 15) is 4.79 Å². The lowest BCUT2D eigenvalue weighted by molar-refractivity contribution is 0.108. The number of hydrogen-bond donors (Lipinski definition) is 0. The molecule has 3 heteroatoms. The van der Waals surface area contributed by atoms with Crippen LogP contribution in [0.25, 0.3) is 0 Å². The summed E-state index contributed by atoms with van der Waals surface area (Å²) in [6, 6.07) is 7.15. The molecule has 0 spiro atoms. The second kappa shape index (κ2) is 3.14. The molecular weight excluding hydrogens is 167 g/mol. The van der Waals surface area contributed by atoms with Crippen molar-refractivity contribution in [1.82, 2.24) is 0 Å². The second-order valence-electron chi connectivity index (χ2n) is 1.86. The van der Waals surface area contributed by atoms with Crippen molar-refractivity contribution >= 4 is 31.4 Å². The molecule has 1 nitrogen and oxygen atoms in total. The summed E-state index contributed by atoms with van der Waals surface area (Å²) in [5.74, 6) is 0. The quantitative estimate of drug-likeness (QED) is 0.464. The molecule has 0 bridgehead atoms. The zero-order valence-electron chi connectivity index (χ0n) is 5.17. The Morgan fingerprint density at radius 2 is 2.00 bits per heavy atom. The van der Waals surface area contributed by atoms with Gasteiger partial charge in [0.05, 0.1) is 0 Å². The van der Waals surface area contributed by atoms with Crippen molar-refractivity contribution in [1.29, 1.82) is 0 Å². The highest BCUT2D eigenvalue weighted by Crippen LogP contribution is 2.03. The molecule has 0 amide bonds. The van der Waals surface area contributed by atoms with Crippen LogP contribution >= 0.6 is 20.8 Å². The highest BCUT2D eigenvalue weighted by molar-refractivity contribution is 7.27. The van der Waals surface area contributed by atoms with Gasteiger partial charge in [-0.2, -0.15) is 0 Å². The predicted molar refractivity (Wildman–Crippen MR) is 46.0 cm³/mol. The first-order valence-corrected chi connectivity index (χ1v) is 3.71. The van der Waals surface area contributed by atoms with E-state index in [0.717, 1.165) is 5.30 Å². The lowest BCUT2D eigenvalue weighted by Gasteiger charge is -1.95. The van der Waals surface area contributed by atoms with E-state index in [1.807, 2.05) is 12.1 Å². The van der Waals surface area contributed by atoms with Gasteiger partial charge in [-0.3, -0.25) is 4.79 Å². The van der Waals surface area contributed by atoms with E-state index in [1.165, 1.54) is 0 Å². The Balaban J connectivity index is 3.15. The molecule has 10 heavy (non-hydrogen) atoms. The molecule has 0 saturated heterocycles. The zero-order valence-corrected chi connectivity index (χ0v) is 7.08. The fourth-order valence-corrected chi connectivity index (χ4v) is 1.28. The average molecular weight is 173 g/mol. The highest BCUT2D eigenvalue weighted by atomic mass is 35.5. The van der Waals surface area contributed by atoms with E-state index in [-0.39, 0.29) is 0 Å². The second-order valence-corrected chi connectivity index (χ2v) is 2.83. The van der Waals surface area contributed by atoms with Crippen LogP contribution in [0.4, 0.5) is 0 Å². The van der Waals surface area contributed by atoms with Gasteiger partial charge in [0.15, 0.2) is 0 Å². The van der Waals surface area contributed by atoms with Crippen molar-refractivity contribution in [3.05, 3.63) is 29.8 Å². The van der Waals surface area contributed by atoms with Gasteiger partial charge in [0.2, 0.25) is 0 Å². The Morgan fingerprint density at radius 3 is 2.40 bits per heavy atom. The van der Waals surface area contributed by atoms with E-state index in [0.29, 0.717) is 5.56 Å². The fourth-order valence-electron chi connectivity index (χ4n) is 0.676. The lowest BCUT2D eigenvalue weighted by Crippen LogP contribution is -2.03. The van der Waals surface area contributed by atoms with Crippen molar-refractivity contribution in [2.75, 3.05) is 0 Å². The average Bonchev–Trinajstić information content (AvgIpc) is 1.88. The van der Waals surface area contributed by atoms with Crippen LogP contribution in [0.1, 0.15) is 10.4 Å². The van der Waals surface area contributed by atoms with Crippen molar-refractivity contribution in [2.45, 2.75) is 0 Å². The summed E-state index contributed by atoms with van der Waals surface area (Å²) >= 11 is 5.26. The number of carbonyl (C=O) groups excluding carboxylic acids is 1. The Hall–Kier alpha value is -0.390. The van der Waals surface area contributed by atoms with Gasteiger partial charge in [-0.15, -0.1) is 9.24 Å². The van der Waals surface area contributed by atoms with Gasteiger partial charge in [-0.25, -0.2) is 0 Å². The molecule has 0 saturated carbocycles. The van der Waals surface area contributed by atoms with Crippen molar-refractivity contribution in [3.63, 3.8) is 0 Å². The SMILES string of the molecule is O=C(Cl)c1ccccc1P. The molecule has 0 aliphatic heterocycles. The van der Waals surface area contributed by atoms with Crippen molar-refractivity contribution in [3.8, 4) is 0 Å². The minimum atomic E-state index is -0.411. The van der Waals surface area contributed by atoms with Crippen LogP contribution in [0.15, 0.2) is 24.3 Å². The minimum Gasteiger partial charge on any atom is -0.276 e. The Bertz CT molecular complexity index is 260. The normalized spacial score (nSPS) is 9.40. The molecule has 0 aromatic heterocycles. The molecule has 1 rings (SSSR count). The van der Waals surface area contributed by atoms with Crippen LogP contribution in [0.5, 0.6) is 0 Å². The highest BCUT2D eigenvalue weighted by Gasteiger charge is 2.02. The Morgan fingerprint density at radius 1 is 1.40 bits per heavy atom. The van der Waals surface area contributed by atoms with Gasteiger partial charge in [0, 0.05) is 5.56 Å². The molecule has 0 aliphatic rings. The van der Waals surface area contributed by atoms with Gasteiger partial charge in [0.1, 0.15) is 0 Å². The van der Waals surface area contributed by atoms with Crippen molar-refractivity contribution in [2.24, 2.45) is 0 Å². The van der Waals surface area contributed by atoms with Crippen LogP contribution in [0, 0.1) is 0 Å². The first-order valence-electron chi connectivity index (χ1n) is 2.76. The predicted octanol–water partition coefficient (Wildman–Crippen LogP) is 1.57. The summed E-state index contributed by atoms with van der Waals surface area (Å²) < 4.78 is 0. The van der Waals surface area contributed by atoms with Crippen LogP contribution in [-0.2, 0) is 0 Å². The van der Waals surface area contributed by atoms with Gasteiger partial charge in [0.25, 0.3) is 5.24 Å².